The Morgan fingerprint density at radius 3 is 1.71 bits per heavy atom. The number of nitrogens with zero attached hydrogens (tertiary/aromatic N) is 1. The maximum atomic E-state index is 7.08. The Bertz CT molecular complexity index is 2320. The second-order valence-electron chi connectivity index (χ2n) is 11.3. The molecule has 0 unspecified atom stereocenters. The number of aromatic nitrogens is 1. The molecule has 0 bridgehead atoms. The van der Waals surface area contributed by atoms with E-state index in [1.807, 2.05) is 0 Å². The van der Waals surface area contributed by atoms with Crippen LogP contribution in [0, 0.1) is 0 Å². The molecular formula is C39H23NO. The Morgan fingerprint density at radius 1 is 0.415 bits per heavy atom. The van der Waals surface area contributed by atoms with Gasteiger partial charge in [-0.25, -0.2) is 0 Å². The highest BCUT2D eigenvalue weighted by molar-refractivity contribution is 6.12. The molecule has 0 saturated carbocycles. The Balaban J connectivity index is 1.51. The predicted octanol–water partition coefficient (Wildman–Crippen LogP) is 9.89. The van der Waals surface area contributed by atoms with Crippen LogP contribution in [0.5, 0.6) is 11.5 Å². The second kappa shape index (κ2) is 7.44. The van der Waals surface area contributed by atoms with Gasteiger partial charge in [0.15, 0.2) is 0 Å². The van der Waals surface area contributed by atoms with Gasteiger partial charge in [0, 0.05) is 32.7 Å². The first-order valence-corrected chi connectivity index (χ1v) is 14.2. The van der Waals surface area contributed by atoms with E-state index in [1.54, 1.807) is 0 Å². The van der Waals surface area contributed by atoms with E-state index in [1.165, 1.54) is 60.5 Å². The Kier molecular flexibility index (Phi) is 3.90. The number of rotatable bonds is 0. The Hall–Kier alpha value is -5.34. The van der Waals surface area contributed by atoms with Crippen LogP contribution in [-0.2, 0) is 5.41 Å². The van der Waals surface area contributed by atoms with Gasteiger partial charge in [-0.15, -0.1) is 0 Å². The highest BCUT2D eigenvalue weighted by atomic mass is 16.5. The molecule has 190 valence electrons. The van der Waals surface area contributed by atoms with Gasteiger partial charge in [-0.3, -0.25) is 0 Å². The van der Waals surface area contributed by atoms with E-state index in [-0.39, 0.29) is 0 Å². The average molecular weight is 522 g/mol. The smallest absolute Gasteiger partial charge is 0.140 e. The van der Waals surface area contributed by atoms with Crippen LogP contribution in [0.4, 0.5) is 0 Å². The van der Waals surface area contributed by atoms with Crippen molar-refractivity contribution in [3.05, 3.63) is 162 Å². The molecule has 2 aliphatic rings. The minimum atomic E-state index is -0.558. The molecular weight excluding hydrogens is 498 g/mol. The summed E-state index contributed by atoms with van der Waals surface area (Å²) < 4.78 is 9.57. The minimum Gasteiger partial charge on any atom is -0.455 e. The summed E-state index contributed by atoms with van der Waals surface area (Å²) in [5.74, 6) is 1.90. The normalized spacial score (nSPS) is 14.2. The average Bonchev–Trinajstić information content (AvgIpc) is 3.38. The number of hydrogen-bond donors (Lipinski definition) is 0. The summed E-state index contributed by atoms with van der Waals surface area (Å²) in [6, 6.07) is 51.0. The summed E-state index contributed by atoms with van der Waals surface area (Å²) in [6.07, 6.45) is 0. The van der Waals surface area contributed by atoms with Crippen molar-refractivity contribution in [2.75, 3.05) is 0 Å². The highest BCUT2D eigenvalue weighted by Crippen LogP contribution is 2.62. The zero-order chi connectivity index (χ0) is 26.7. The number of benzene rings is 7. The predicted molar refractivity (Wildman–Crippen MR) is 168 cm³/mol. The van der Waals surface area contributed by atoms with E-state index >= 15 is 0 Å². The third kappa shape index (κ3) is 2.46. The van der Waals surface area contributed by atoms with Crippen molar-refractivity contribution < 1.29 is 4.74 Å². The SMILES string of the molecule is c1ccc2c(c1)-n1c3ccccc3c3cccc(c31)C21c2ccc3ccccc3c2Oc2c1ccc1ccccc21. The van der Waals surface area contributed by atoms with Crippen LogP contribution >= 0.6 is 0 Å². The number of para-hydroxylation sites is 3. The fourth-order valence-corrected chi connectivity index (χ4v) is 7.83. The summed E-state index contributed by atoms with van der Waals surface area (Å²) in [6.45, 7) is 0. The molecule has 2 heteroatoms. The lowest BCUT2D eigenvalue weighted by Gasteiger charge is -2.45. The maximum Gasteiger partial charge on any atom is 0.140 e. The molecule has 10 rings (SSSR count). The minimum absolute atomic E-state index is 0.558. The van der Waals surface area contributed by atoms with E-state index in [2.05, 4.69) is 144 Å². The van der Waals surface area contributed by atoms with Crippen LogP contribution in [0.15, 0.2) is 140 Å². The maximum absolute atomic E-state index is 7.08. The molecule has 8 aromatic rings. The molecule has 7 aromatic carbocycles. The van der Waals surface area contributed by atoms with Crippen LogP contribution in [0.3, 0.4) is 0 Å². The molecule has 0 aliphatic carbocycles. The van der Waals surface area contributed by atoms with Gasteiger partial charge in [0.05, 0.1) is 22.1 Å². The van der Waals surface area contributed by atoms with Crippen LogP contribution in [0.25, 0.3) is 49.0 Å². The van der Waals surface area contributed by atoms with Crippen LogP contribution in [-0.4, -0.2) is 4.57 Å². The fraction of sp³-hybridized carbons (Fsp3) is 0.0256. The van der Waals surface area contributed by atoms with Crippen molar-refractivity contribution in [2.45, 2.75) is 5.41 Å². The van der Waals surface area contributed by atoms with Crippen LogP contribution < -0.4 is 4.74 Å². The van der Waals surface area contributed by atoms with Crippen molar-refractivity contribution in [1.29, 1.82) is 0 Å². The molecule has 0 atom stereocenters. The van der Waals surface area contributed by atoms with Gasteiger partial charge in [0.25, 0.3) is 0 Å². The highest BCUT2D eigenvalue weighted by Gasteiger charge is 2.50. The van der Waals surface area contributed by atoms with Gasteiger partial charge in [-0.1, -0.05) is 127 Å². The lowest BCUT2D eigenvalue weighted by atomic mass is 9.61. The molecule has 0 amide bonds. The summed E-state index contributed by atoms with van der Waals surface area (Å²) in [4.78, 5) is 0. The first kappa shape index (κ1) is 21.5. The Labute approximate surface area is 236 Å². The number of hydrogen-bond acceptors (Lipinski definition) is 1. The molecule has 3 heterocycles. The van der Waals surface area contributed by atoms with Crippen molar-refractivity contribution in [2.24, 2.45) is 0 Å². The van der Waals surface area contributed by atoms with Gasteiger partial charge >= 0.3 is 0 Å². The second-order valence-corrected chi connectivity index (χ2v) is 11.3. The van der Waals surface area contributed by atoms with Crippen molar-refractivity contribution >= 4 is 43.4 Å². The quantitative estimate of drug-likeness (QED) is 0.194. The topological polar surface area (TPSA) is 14.2 Å². The summed E-state index contributed by atoms with van der Waals surface area (Å²) in [5.41, 5.74) is 8.12. The molecule has 0 N–H and O–H groups in total. The van der Waals surface area contributed by atoms with Gasteiger partial charge in [0.2, 0.25) is 0 Å². The molecule has 0 radical (unpaired) electrons. The summed E-state index contributed by atoms with van der Waals surface area (Å²) >= 11 is 0. The Morgan fingerprint density at radius 2 is 0.976 bits per heavy atom. The third-order valence-electron chi connectivity index (χ3n) is 9.42. The molecule has 2 nitrogen and oxygen atoms in total. The zero-order valence-corrected chi connectivity index (χ0v) is 22.1. The molecule has 41 heavy (non-hydrogen) atoms. The van der Waals surface area contributed by atoms with Crippen LogP contribution in [0.2, 0.25) is 0 Å². The molecule has 2 aliphatic heterocycles. The van der Waals surface area contributed by atoms with E-state index in [4.69, 9.17) is 4.74 Å². The lowest BCUT2D eigenvalue weighted by Crippen LogP contribution is -2.37. The van der Waals surface area contributed by atoms with Gasteiger partial charge in [0.1, 0.15) is 11.5 Å². The van der Waals surface area contributed by atoms with E-state index in [0.717, 1.165) is 22.3 Å². The first-order chi connectivity index (χ1) is 20.4. The zero-order valence-electron chi connectivity index (χ0n) is 22.1. The monoisotopic (exact) mass is 521 g/mol. The molecule has 0 fully saturated rings. The van der Waals surface area contributed by atoms with Crippen molar-refractivity contribution in [3.8, 4) is 17.2 Å². The molecule has 0 saturated heterocycles. The van der Waals surface area contributed by atoms with Gasteiger partial charge in [-0.2, -0.15) is 0 Å². The standard InChI is InChI=1S/C39H23NO/c1-3-12-26-24(10-1)20-22-32-37(26)41-38-27-13-4-2-11-25(27)21-23-33(38)39(32)30-16-6-8-19-35(30)40-34-18-7-5-14-28(34)29-15-9-17-31(39)36(29)40/h1-23H. The largest absolute Gasteiger partial charge is 0.455 e. The van der Waals surface area contributed by atoms with E-state index in [0.29, 0.717) is 0 Å². The first-order valence-electron chi connectivity index (χ1n) is 14.2. The summed E-state index contributed by atoms with van der Waals surface area (Å²) in [7, 11) is 0. The van der Waals surface area contributed by atoms with Crippen molar-refractivity contribution in [1.82, 2.24) is 4.57 Å². The molecule has 1 aromatic heterocycles. The third-order valence-corrected chi connectivity index (χ3v) is 9.42. The lowest BCUT2D eigenvalue weighted by molar-refractivity contribution is 0.444. The van der Waals surface area contributed by atoms with Crippen molar-refractivity contribution in [3.63, 3.8) is 0 Å². The van der Waals surface area contributed by atoms with E-state index in [9.17, 15) is 0 Å². The molecule has 1 spiro atoms. The van der Waals surface area contributed by atoms with Crippen LogP contribution in [0.1, 0.15) is 22.3 Å². The number of fused-ring (bicyclic) bond motifs is 15. The number of ether oxygens (including phenoxy) is 1. The van der Waals surface area contributed by atoms with Gasteiger partial charge < -0.3 is 9.30 Å². The van der Waals surface area contributed by atoms with E-state index < -0.39 is 5.41 Å². The fourth-order valence-electron chi connectivity index (χ4n) is 7.83. The summed E-state index contributed by atoms with van der Waals surface area (Å²) in [5, 5.41) is 7.20. The van der Waals surface area contributed by atoms with Gasteiger partial charge in [-0.05, 0) is 34.0 Å².